The van der Waals surface area contributed by atoms with Crippen LogP contribution in [0.4, 0.5) is 4.79 Å². The van der Waals surface area contributed by atoms with E-state index in [0.717, 1.165) is 13.1 Å². The monoisotopic (exact) mass is 185 g/mol. The molecular formula is C10H19NO2. The van der Waals surface area contributed by atoms with E-state index >= 15 is 0 Å². The number of hydrogen-bond donors (Lipinski definition) is 0. The Bertz CT molecular complexity index is 189. The molecule has 13 heavy (non-hydrogen) atoms. The quantitative estimate of drug-likeness (QED) is 0.674. The van der Waals surface area contributed by atoms with Gasteiger partial charge in [0.25, 0.3) is 0 Å². The lowest BCUT2D eigenvalue weighted by Gasteiger charge is -2.15. The fourth-order valence-electron chi connectivity index (χ4n) is 1.47. The molecule has 0 aliphatic carbocycles. The first-order valence-electron chi connectivity index (χ1n) is 4.96. The van der Waals surface area contributed by atoms with Crippen molar-refractivity contribution in [1.82, 2.24) is 4.90 Å². The zero-order chi connectivity index (χ0) is 10.0. The summed E-state index contributed by atoms with van der Waals surface area (Å²) in [6, 6.07) is 0. The second kappa shape index (κ2) is 3.99. The van der Waals surface area contributed by atoms with E-state index in [2.05, 4.69) is 27.7 Å². The molecule has 0 aromatic rings. The second-order valence-electron chi connectivity index (χ2n) is 4.47. The summed E-state index contributed by atoms with van der Waals surface area (Å²) in [5.74, 6) is 0.930. The maximum absolute atomic E-state index is 11.3. The minimum atomic E-state index is -0.146. The van der Waals surface area contributed by atoms with Gasteiger partial charge < -0.3 is 9.64 Å². The van der Waals surface area contributed by atoms with E-state index in [-0.39, 0.29) is 12.2 Å². The van der Waals surface area contributed by atoms with Crippen LogP contribution in [0.25, 0.3) is 0 Å². The van der Waals surface area contributed by atoms with Crippen LogP contribution in [-0.4, -0.2) is 30.2 Å². The fourth-order valence-corrected chi connectivity index (χ4v) is 1.47. The Hall–Kier alpha value is -0.730. The molecule has 1 atom stereocenters. The average Bonchev–Trinajstić information content (AvgIpc) is 2.31. The summed E-state index contributed by atoms with van der Waals surface area (Å²) in [5, 5.41) is 0. The van der Waals surface area contributed by atoms with Gasteiger partial charge in [-0.2, -0.15) is 0 Å². The smallest absolute Gasteiger partial charge is 0.410 e. The van der Waals surface area contributed by atoms with Gasteiger partial charge in [0.2, 0.25) is 0 Å². The number of ether oxygens (including phenoxy) is 1. The molecule has 0 unspecified atom stereocenters. The molecule has 1 rings (SSSR count). The Morgan fingerprint density at radius 2 is 2.08 bits per heavy atom. The Kier molecular flexibility index (Phi) is 3.17. The molecule has 0 spiro atoms. The molecule has 1 aliphatic heterocycles. The van der Waals surface area contributed by atoms with Crippen molar-refractivity contribution in [3.05, 3.63) is 0 Å². The van der Waals surface area contributed by atoms with Crippen LogP contribution >= 0.6 is 0 Å². The van der Waals surface area contributed by atoms with E-state index in [4.69, 9.17) is 4.74 Å². The summed E-state index contributed by atoms with van der Waals surface area (Å²) < 4.78 is 5.22. The SMILES string of the molecule is CC(C)CN1C[C@@H](C(C)C)OC1=O. The number of rotatable bonds is 3. The molecule has 1 saturated heterocycles. The normalized spacial score (nSPS) is 23.1. The Morgan fingerprint density at radius 1 is 1.46 bits per heavy atom. The van der Waals surface area contributed by atoms with Crippen molar-refractivity contribution >= 4 is 6.09 Å². The minimum Gasteiger partial charge on any atom is -0.444 e. The maximum atomic E-state index is 11.3. The molecule has 0 saturated carbocycles. The lowest BCUT2D eigenvalue weighted by molar-refractivity contribution is 0.111. The third-order valence-electron chi connectivity index (χ3n) is 2.24. The van der Waals surface area contributed by atoms with E-state index in [1.807, 2.05) is 0 Å². The van der Waals surface area contributed by atoms with Crippen LogP contribution in [0.5, 0.6) is 0 Å². The van der Waals surface area contributed by atoms with E-state index in [9.17, 15) is 4.79 Å². The minimum absolute atomic E-state index is 0.0891. The first-order chi connectivity index (χ1) is 6.00. The molecule has 1 amide bonds. The largest absolute Gasteiger partial charge is 0.444 e. The van der Waals surface area contributed by atoms with E-state index < -0.39 is 0 Å². The predicted molar refractivity (Wildman–Crippen MR) is 51.5 cm³/mol. The zero-order valence-electron chi connectivity index (χ0n) is 8.91. The molecule has 3 heteroatoms. The molecule has 0 radical (unpaired) electrons. The molecule has 0 aromatic heterocycles. The van der Waals surface area contributed by atoms with Gasteiger partial charge in [-0.05, 0) is 11.8 Å². The highest BCUT2D eigenvalue weighted by Gasteiger charge is 2.32. The summed E-state index contributed by atoms with van der Waals surface area (Å²) >= 11 is 0. The summed E-state index contributed by atoms with van der Waals surface area (Å²) in [7, 11) is 0. The summed E-state index contributed by atoms with van der Waals surface area (Å²) in [4.78, 5) is 13.1. The first-order valence-corrected chi connectivity index (χ1v) is 4.96. The van der Waals surface area contributed by atoms with Crippen molar-refractivity contribution in [2.45, 2.75) is 33.8 Å². The van der Waals surface area contributed by atoms with Gasteiger partial charge in [0, 0.05) is 6.54 Å². The third kappa shape index (κ3) is 2.61. The molecular weight excluding hydrogens is 166 g/mol. The highest BCUT2D eigenvalue weighted by atomic mass is 16.6. The van der Waals surface area contributed by atoms with Gasteiger partial charge in [0.05, 0.1) is 6.54 Å². The van der Waals surface area contributed by atoms with Crippen molar-refractivity contribution in [2.75, 3.05) is 13.1 Å². The number of carbonyl (C=O) groups excluding carboxylic acids is 1. The van der Waals surface area contributed by atoms with Crippen LogP contribution in [0, 0.1) is 11.8 Å². The lowest BCUT2D eigenvalue weighted by atomic mass is 10.1. The van der Waals surface area contributed by atoms with Gasteiger partial charge in [-0.3, -0.25) is 0 Å². The van der Waals surface area contributed by atoms with Gasteiger partial charge in [-0.1, -0.05) is 27.7 Å². The average molecular weight is 185 g/mol. The van der Waals surface area contributed by atoms with E-state index in [1.54, 1.807) is 4.90 Å². The molecule has 1 heterocycles. The Labute approximate surface area is 80.1 Å². The topological polar surface area (TPSA) is 29.5 Å². The van der Waals surface area contributed by atoms with Crippen LogP contribution in [0.3, 0.4) is 0 Å². The van der Waals surface area contributed by atoms with Crippen LogP contribution in [0.2, 0.25) is 0 Å². The van der Waals surface area contributed by atoms with Crippen LogP contribution in [-0.2, 0) is 4.74 Å². The van der Waals surface area contributed by atoms with Gasteiger partial charge in [-0.15, -0.1) is 0 Å². The number of hydrogen-bond acceptors (Lipinski definition) is 2. The zero-order valence-corrected chi connectivity index (χ0v) is 8.91. The molecule has 0 N–H and O–H groups in total. The van der Waals surface area contributed by atoms with Gasteiger partial charge in [-0.25, -0.2) is 4.79 Å². The van der Waals surface area contributed by atoms with Crippen molar-refractivity contribution in [3.63, 3.8) is 0 Å². The molecule has 1 fully saturated rings. The summed E-state index contributed by atoms with van der Waals surface area (Å²) in [6.45, 7) is 9.94. The van der Waals surface area contributed by atoms with Gasteiger partial charge in [0.1, 0.15) is 6.10 Å². The summed E-state index contributed by atoms with van der Waals surface area (Å²) in [5.41, 5.74) is 0. The van der Waals surface area contributed by atoms with Crippen molar-refractivity contribution < 1.29 is 9.53 Å². The van der Waals surface area contributed by atoms with Crippen LogP contribution in [0.15, 0.2) is 0 Å². The number of nitrogens with zero attached hydrogens (tertiary/aromatic N) is 1. The lowest BCUT2D eigenvalue weighted by Crippen LogP contribution is -2.29. The Morgan fingerprint density at radius 3 is 2.46 bits per heavy atom. The number of cyclic esters (lactones) is 1. The molecule has 1 aliphatic rings. The van der Waals surface area contributed by atoms with E-state index in [0.29, 0.717) is 11.8 Å². The second-order valence-corrected chi connectivity index (χ2v) is 4.47. The molecule has 76 valence electrons. The number of amides is 1. The maximum Gasteiger partial charge on any atom is 0.410 e. The third-order valence-corrected chi connectivity index (χ3v) is 2.24. The van der Waals surface area contributed by atoms with Crippen LogP contribution < -0.4 is 0 Å². The highest BCUT2D eigenvalue weighted by molar-refractivity contribution is 5.69. The van der Waals surface area contributed by atoms with Gasteiger partial charge in [0.15, 0.2) is 0 Å². The Balaban J connectivity index is 2.47. The van der Waals surface area contributed by atoms with Crippen molar-refractivity contribution in [3.8, 4) is 0 Å². The fraction of sp³-hybridized carbons (Fsp3) is 0.900. The molecule has 0 aromatic carbocycles. The predicted octanol–water partition coefficient (Wildman–Crippen LogP) is 2.12. The first kappa shape index (κ1) is 10.4. The van der Waals surface area contributed by atoms with Crippen molar-refractivity contribution in [1.29, 1.82) is 0 Å². The van der Waals surface area contributed by atoms with E-state index in [1.165, 1.54) is 0 Å². The molecule has 0 bridgehead atoms. The number of carbonyl (C=O) groups is 1. The standard InChI is InChI=1S/C10H19NO2/c1-7(2)5-11-6-9(8(3)4)13-10(11)12/h7-9H,5-6H2,1-4H3/t9-/m0/s1. The summed E-state index contributed by atoms with van der Waals surface area (Å²) in [6.07, 6.45) is -0.0568. The van der Waals surface area contributed by atoms with Gasteiger partial charge >= 0.3 is 6.09 Å². The highest BCUT2D eigenvalue weighted by Crippen LogP contribution is 2.18. The molecule has 3 nitrogen and oxygen atoms in total. The van der Waals surface area contributed by atoms with Crippen LogP contribution in [0.1, 0.15) is 27.7 Å². The van der Waals surface area contributed by atoms with Crippen molar-refractivity contribution in [2.24, 2.45) is 11.8 Å².